The zero-order chi connectivity index (χ0) is 30.6. The number of unbranched alkanes of at least 4 members (excludes halogenated alkanes) is 16. The van der Waals surface area contributed by atoms with Gasteiger partial charge in [-0.2, -0.15) is 0 Å². The summed E-state index contributed by atoms with van der Waals surface area (Å²) in [4.78, 5) is 12.1. The Hall–Kier alpha value is -1.65. The number of ether oxygens (including phenoxy) is 2. The van der Waals surface area contributed by atoms with Crippen LogP contribution in [0.25, 0.3) is 0 Å². The topological polar surface area (TPSA) is 55.8 Å². The molecule has 0 aliphatic carbocycles. The Morgan fingerprint density at radius 3 is 1.62 bits per heavy atom. The minimum Gasteiger partial charge on any atom is -0.457 e. The summed E-state index contributed by atoms with van der Waals surface area (Å²) in [5, 5.41) is 9.53. The van der Waals surface area contributed by atoms with E-state index in [4.69, 9.17) is 9.47 Å². The molecule has 4 nitrogen and oxygen atoms in total. The third-order valence-corrected chi connectivity index (χ3v) is 7.36. The van der Waals surface area contributed by atoms with Gasteiger partial charge in [-0.25, -0.2) is 0 Å². The predicted molar refractivity (Wildman–Crippen MR) is 182 cm³/mol. The second kappa shape index (κ2) is 35.5. The van der Waals surface area contributed by atoms with Crippen LogP contribution in [0.2, 0.25) is 0 Å². The Labute approximate surface area is 261 Å². The van der Waals surface area contributed by atoms with E-state index in [0.717, 1.165) is 44.9 Å². The molecule has 0 heterocycles. The molecule has 0 aromatic carbocycles. The van der Waals surface area contributed by atoms with Crippen molar-refractivity contribution in [3.63, 3.8) is 0 Å². The molecular formula is C38H68O4. The van der Waals surface area contributed by atoms with Crippen LogP contribution in [0, 0.1) is 0 Å². The molecule has 0 bridgehead atoms. The molecule has 0 fully saturated rings. The van der Waals surface area contributed by atoms with Crippen molar-refractivity contribution in [3.05, 3.63) is 48.6 Å². The maximum absolute atomic E-state index is 12.1. The molecular weight excluding hydrogens is 520 g/mol. The van der Waals surface area contributed by atoms with Crippen molar-refractivity contribution in [2.24, 2.45) is 0 Å². The minimum absolute atomic E-state index is 0.181. The summed E-state index contributed by atoms with van der Waals surface area (Å²) in [5.41, 5.74) is 0. The zero-order valence-corrected chi connectivity index (χ0v) is 27.8. The SMILES string of the molecule is CCC/C=C\CCCCCCCCOCC(CO)OC(=O)CCCCCCCC/C=C\C/C=C\C/C=C\CCCCC. The van der Waals surface area contributed by atoms with E-state index in [1.165, 1.54) is 96.3 Å². The van der Waals surface area contributed by atoms with Crippen LogP contribution >= 0.6 is 0 Å². The zero-order valence-electron chi connectivity index (χ0n) is 27.8. The second-order valence-electron chi connectivity index (χ2n) is 11.6. The predicted octanol–water partition coefficient (Wildman–Crippen LogP) is 11.1. The molecule has 1 unspecified atom stereocenters. The van der Waals surface area contributed by atoms with Crippen molar-refractivity contribution >= 4 is 5.97 Å². The normalized spacial score (nSPS) is 12.9. The lowest BCUT2D eigenvalue weighted by Gasteiger charge is -2.15. The van der Waals surface area contributed by atoms with Crippen LogP contribution in [0.3, 0.4) is 0 Å². The van der Waals surface area contributed by atoms with Gasteiger partial charge in [-0.15, -0.1) is 0 Å². The molecule has 1 N–H and O–H groups in total. The monoisotopic (exact) mass is 589 g/mol. The first-order chi connectivity index (χ1) is 20.7. The number of carbonyl (C=O) groups is 1. The lowest BCUT2D eigenvalue weighted by Crippen LogP contribution is -2.27. The molecule has 0 aromatic rings. The Kier molecular flexibility index (Phi) is 34.1. The van der Waals surface area contributed by atoms with Crippen molar-refractivity contribution < 1.29 is 19.4 Å². The van der Waals surface area contributed by atoms with Crippen LogP contribution in [-0.2, 0) is 14.3 Å². The largest absolute Gasteiger partial charge is 0.457 e. The molecule has 0 aliphatic rings. The van der Waals surface area contributed by atoms with Gasteiger partial charge in [-0.05, 0) is 70.6 Å². The molecule has 1 atom stereocenters. The van der Waals surface area contributed by atoms with Crippen LogP contribution in [0.5, 0.6) is 0 Å². The number of allylic oxidation sites excluding steroid dienone is 8. The quantitative estimate of drug-likeness (QED) is 0.0482. The molecule has 4 heteroatoms. The highest BCUT2D eigenvalue weighted by Crippen LogP contribution is 2.11. The molecule has 0 saturated carbocycles. The summed E-state index contributed by atoms with van der Waals surface area (Å²) in [6.07, 6.45) is 44.3. The first kappa shape index (κ1) is 40.4. The first-order valence-electron chi connectivity index (χ1n) is 17.7. The number of rotatable bonds is 32. The fourth-order valence-corrected chi connectivity index (χ4v) is 4.69. The average Bonchev–Trinajstić information content (AvgIpc) is 3.00. The van der Waals surface area contributed by atoms with Crippen LogP contribution in [0.1, 0.15) is 162 Å². The third kappa shape index (κ3) is 32.9. The summed E-state index contributed by atoms with van der Waals surface area (Å²) < 4.78 is 11.1. The number of esters is 1. The number of hydrogen-bond donors (Lipinski definition) is 1. The number of aliphatic hydroxyl groups excluding tert-OH is 1. The van der Waals surface area contributed by atoms with Crippen molar-refractivity contribution in [2.75, 3.05) is 19.8 Å². The van der Waals surface area contributed by atoms with E-state index in [9.17, 15) is 9.90 Å². The van der Waals surface area contributed by atoms with Crippen molar-refractivity contribution in [1.82, 2.24) is 0 Å². The summed E-state index contributed by atoms with van der Waals surface area (Å²) >= 11 is 0. The van der Waals surface area contributed by atoms with Gasteiger partial charge in [0.15, 0.2) is 0 Å². The highest BCUT2D eigenvalue weighted by Gasteiger charge is 2.13. The molecule has 42 heavy (non-hydrogen) atoms. The van der Waals surface area contributed by atoms with E-state index in [1.54, 1.807) is 0 Å². The standard InChI is InChI=1S/C38H68O4/c1-3-5-7-9-11-13-15-16-17-18-19-20-21-22-23-25-27-29-31-33-38(40)42-37(35-39)36-41-34-32-30-28-26-24-14-12-10-8-6-4-2/h8,10-11,13,16-17,19-20,37,39H,3-7,9,12,14-15,18,21-36H2,1-2H3/b10-8-,13-11-,17-16-,20-19-. The molecule has 0 saturated heterocycles. The molecule has 0 rings (SSSR count). The average molecular weight is 589 g/mol. The molecule has 0 amide bonds. The Morgan fingerprint density at radius 1 is 0.571 bits per heavy atom. The fraction of sp³-hybridized carbons (Fsp3) is 0.763. The summed E-state index contributed by atoms with van der Waals surface area (Å²) in [5.74, 6) is -0.218. The van der Waals surface area contributed by atoms with Crippen LogP contribution in [0.15, 0.2) is 48.6 Å². The van der Waals surface area contributed by atoms with Gasteiger partial charge in [-0.3, -0.25) is 4.79 Å². The van der Waals surface area contributed by atoms with Crippen LogP contribution in [-0.4, -0.2) is 37.0 Å². The Bertz CT molecular complexity index is 664. The lowest BCUT2D eigenvalue weighted by atomic mass is 10.1. The minimum atomic E-state index is -0.543. The Morgan fingerprint density at radius 2 is 1.05 bits per heavy atom. The van der Waals surface area contributed by atoms with E-state index in [0.29, 0.717) is 13.0 Å². The van der Waals surface area contributed by atoms with Gasteiger partial charge in [0.05, 0.1) is 13.2 Å². The highest BCUT2D eigenvalue weighted by molar-refractivity contribution is 5.69. The molecule has 244 valence electrons. The van der Waals surface area contributed by atoms with E-state index in [2.05, 4.69) is 62.5 Å². The van der Waals surface area contributed by atoms with Gasteiger partial charge < -0.3 is 14.6 Å². The lowest BCUT2D eigenvalue weighted by molar-refractivity contribution is -0.154. The maximum atomic E-state index is 12.1. The second-order valence-corrected chi connectivity index (χ2v) is 11.6. The molecule has 0 aromatic heterocycles. The van der Waals surface area contributed by atoms with E-state index in [-0.39, 0.29) is 19.2 Å². The van der Waals surface area contributed by atoms with Crippen molar-refractivity contribution in [2.45, 2.75) is 168 Å². The van der Waals surface area contributed by atoms with E-state index >= 15 is 0 Å². The maximum Gasteiger partial charge on any atom is 0.306 e. The number of hydrogen-bond acceptors (Lipinski definition) is 4. The van der Waals surface area contributed by atoms with E-state index in [1.807, 2.05) is 0 Å². The van der Waals surface area contributed by atoms with Crippen molar-refractivity contribution in [1.29, 1.82) is 0 Å². The van der Waals surface area contributed by atoms with E-state index < -0.39 is 6.10 Å². The smallest absolute Gasteiger partial charge is 0.306 e. The van der Waals surface area contributed by atoms with Gasteiger partial charge in [0.2, 0.25) is 0 Å². The van der Waals surface area contributed by atoms with Crippen LogP contribution in [0.4, 0.5) is 0 Å². The van der Waals surface area contributed by atoms with Gasteiger partial charge in [0, 0.05) is 13.0 Å². The summed E-state index contributed by atoms with van der Waals surface area (Å²) in [7, 11) is 0. The molecule has 0 aliphatic heterocycles. The number of carbonyl (C=O) groups excluding carboxylic acids is 1. The van der Waals surface area contributed by atoms with Gasteiger partial charge >= 0.3 is 5.97 Å². The van der Waals surface area contributed by atoms with Crippen molar-refractivity contribution in [3.8, 4) is 0 Å². The first-order valence-corrected chi connectivity index (χ1v) is 17.7. The van der Waals surface area contributed by atoms with Gasteiger partial charge in [-0.1, -0.05) is 133 Å². The fourth-order valence-electron chi connectivity index (χ4n) is 4.69. The third-order valence-electron chi connectivity index (χ3n) is 7.36. The molecule has 0 radical (unpaired) electrons. The Balaban J connectivity index is 3.51. The van der Waals surface area contributed by atoms with Gasteiger partial charge in [0.1, 0.15) is 6.10 Å². The van der Waals surface area contributed by atoms with Crippen LogP contribution < -0.4 is 0 Å². The number of aliphatic hydroxyl groups is 1. The molecule has 0 spiro atoms. The van der Waals surface area contributed by atoms with Gasteiger partial charge in [0.25, 0.3) is 0 Å². The summed E-state index contributed by atoms with van der Waals surface area (Å²) in [6.45, 7) is 5.23. The summed E-state index contributed by atoms with van der Waals surface area (Å²) in [6, 6.07) is 0. The highest BCUT2D eigenvalue weighted by atomic mass is 16.6.